The van der Waals surface area contributed by atoms with Gasteiger partial charge in [0.25, 0.3) is 0 Å². The average molecular weight is 239 g/mol. The van der Waals surface area contributed by atoms with Crippen LogP contribution in [0.3, 0.4) is 0 Å². The molecule has 0 radical (unpaired) electrons. The van der Waals surface area contributed by atoms with Crippen LogP contribution in [0.5, 0.6) is 0 Å². The minimum atomic E-state index is 0.926. The molecule has 0 amide bonds. The second-order valence-electron chi connectivity index (χ2n) is 4.22. The fraction of sp³-hybridized carbons (Fsp3) is 0.133. The Bertz CT molecular complexity index is 655. The Balaban J connectivity index is 1.95. The summed E-state index contributed by atoms with van der Waals surface area (Å²) in [5.74, 6) is 0. The zero-order valence-electron chi connectivity index (χ0n) is 9.68. The van der Waals surface area contributed by atoms with E-state index in [0.29, 0.717) is 0 Å². The Hall–Kier alpha value is -1.67. The van der Waals surface area contributed by atoms with Crippen molar-refractivity contribution >= 4 is 22.1 Å². The van der Waals surface area contributed by atoms with Crippen LogP contribution in [0.1, 0.15) is 16.3 Å². The molecular weight excluding hydrogens is 226 g/mol. The van der Waals surface area contributed by atoms with Crippen LogP contribution in [-0.2, 0) is 6.42 Å². The Morgan fingerprint density at radius 1 is 1.06 bits per heavy atom. The minimum Gasteiger partial charge on any atom is -0.246 e. The first kappa shape index (κ1) is 10.5. The fourth-order valence-electron chi connectivity index (χ4n) is 2.05. The van der Waals surface area contributed by atoms with E-state index >= 15 is 0 Å². The van der Waals surface area contributed by atoms with E-state index in [2.05, 4.69) is 59.8 Å². The first-order chi connectivity index (χ1) is 8.31. The number of rotatable bonds is 2. The second-order valence-corrected chi connectivity index (χ2v) is 5.28. The van der Waals surface area contributed by atoms with Gasteiger partial charge in [0.15, 0.2) is 0 Å². The first-order valence-electron chi connectivity index (χ1n) is 5.70. The second kappa shape index (κ2) is 4.30. The van der Waals surface area contributed by atoms with Crippen LogP contribution in [-0.4, -0.2) is 4.98 Å². The van der Waals surface area contributed by atoms with Gasteiger partial charge in [-0.1, -0.05) is 42.5 Å². The highest BCUT2D eigenvalue weighted by Crippen LogP contribution is 2.18. The monoisotopic (exact) mass is 239 g/mol. The van der Waals surface area contributed by atoms with Gasteiger partial charge in [-0.25, -0.2) is 4.98 Å². The van der Waals surface area contributed by atoms with E-state index in [9.17, 15) is 0 Å². The average Bonchev–Trinajstić information content (AvgIpc) is 2.75. The molecule has 2 aromatic carbocycles. The lowest BCUT2D eigenvalue weighted by atomic mass is 10.0. The molecule has 1 aromatic heterocycles. The Kier molecular flexibility index (Phi) is 2.65. The van der Waals surface area contributed by atoms with Gasteiger partial charge in [0.05, 0.1) is 10.7 Å². The number of hydrogen-bond donors (Lipinski definition) is 0. The van der Waals surface area contributed by atoms with Crippen LogP contribution < -0.4 is 0 Å². The van der Waals surface area contributed by atoms with Crippen molar-refractivity contribution in [2.24, 2.45) is 0 Å². The van der Waals surface area contributed by atoms with Crippen molar-refractivity contribution in [2.45, 2.75) is 13.3 Å². The van der Waals surface area contributed by atoms with Crippen LogP contribution >= 0.6 is 11.3 Å². The predicted octanol–water partition coefficient (Wildman–Crippen LogP) is 4.20. The van der Waals surface area contributed by atoms with Gasteiger partial charge in [-0.05, 0) is 23.3 Å². The highest BCUT2D eigenvalue weighted by atomic mass is 32.1. The number of nitrogens with zero attached hydrogens (tertiary/aromatic N) is 1. The molecule has 0 aliphatic carbocycles. The molecule has 3 aromatic rings. The summed E-state index contributed by atoms with van der Waals surface area (Å²) in [7, 11) is 0. The lowest BCUT2D eigenvalue weighted by Crippen LogP contribution is -1.88. The van der Waals surface area contributed by atoms with E-state index in [1.807, 2.05) is 0 Å². The van der Waals surface area contributed by atoms with Crippen molar-refractivity contribution < 1.29 is 0 Å². The SMILES string of the molecule is Cc1nc(Cc2ccc3ccccc3c2)cs1. The van der Waals surface area contributed by atoms with Crippen molar-refractivity contribution in [2.75, 3.05) is 0 Å². The van der Waals surface area contributed by atoms with Crippen molar-refractivity contribution in [1.82, 2.24) is 4.98 Å². The molecule has 0 aliphatic heterocycles. The van der Waals surface area contributed by atoms with Crippen molar-refractivity contribution in [3.63, 3.8) is 0 Å². The van der Waals surface area contributed by atoms with Crippen LogP contribution in [0.2, 0.25) is 0 Å². The third kappa shape index (κ3) is 2.22. The van der Waals surface area contributed by atoms with Crippen molar-refractivity contribution in [3.05, 3.63) is 64.1 Å². The third-order valence-corrected chi connectivity index (χ3v) is 3.69. The van der Waals surface area contributed by atoms with Gasteiger partial charge < -0.3 is 0 Å². The van der Waals surface area contributed by atoms with Gasteiger partial charge in [0, 0.05) is 11.8 Å². The van der Waals surface area contributed by atoms with Gasteiger partial charge in [-0.3, -0.25) is 0 Å². The number of fused-ring (bicyclic) bond motifs is 1. The van der Waals surface area contributed by atoms with Crippen molar-refractivity contribution in [1.29, 1.82) is 0 Å². The quantitative estimate of drug-likeness (QED) is 0.653. The summed E-state index contributed by atoms with van der Waals surface area (Å²) in [5, 5.41) is 5.88. The third-order valence-electron chi connectivity index (χ3n) is 2.87. The van der Waals surface area contributed by atoms with E-state index in [-0.39, 0.29) is 0 Å². The summed E-state index contributed by atoms with van der Waals surface area (Å²) in [5.41, 5.74) is 2.50. The lowest BCUT2D eigenvalue weighted by Gasteiger charge is -2.01. The lowest BCUT2D eigenvalue weighted by molar-refractivity contribution is 1.09. The number of hydrogen-bond acceptors (Lipinski definition) is 2. The Morgan fingerprint density at radius 3 is 2.65 bits per heavy atom. The highest BCUT2D eigenvalue weighted by molar-refractivity contribution is 7.09. The molecule has 1 nitrogen and oxygen atoms in total. The molecule has 0 unspecified atom stereocenters. The van der Waals surface area contributed by atoms with Gasteiger partial charge >= 0.3 is 0 Å². The zero-order chi connectivity index (χ0) is 11.7. The molecule has 0 atom stereocenters. The molecule has 1 heterocycles. The summed E-state index contributed by atoms with van der Waals surface area (Å²) in [6.07, 6.45) is 0.926. The van der Waals surface area contributed by atoms with Crippen LogP contribution in [0.4, 0.5) is 0 Å². The van der Waals surface area contributed by atoms with Gasteiger partial charge in [0.2, 0.25) is 0 Å². The van der Waals surface area contributed by atoms with E-state index in [4.69, 9.17) is 0 Å². The molecule has 0 fully saturated rings. The number of aromatic nitrogens is 1. The topological polar surface area (TPSA) is 12.9 Å². The summed E-state index contributed by atoms with van der Waals surface area (Å²) < 4.78 is 0. The Morgan fingerprint density at radius 2 is 1.88 bits per heavy atom. The maximum absolute atomic E-state index is 4.50. The van der Waals surface area contributed by atoms with Crippen LogP contribution in [0, 0.1) is 6.92 Å². The molecule has 0 aliphatic rings. The van der Waals surface area contributed by atoms with Crippen LogP contribution in [0.15, 0.2) is 47.8 Å². The first-order valence-corrected chi connectivity index (χ1v) is 6.58. The Labute approximate surface area is 105 Å². The van der Waals surface area contributed by atoms with E-state index in [0.717, 1.165) is 11.4 Å². The van der Waals surface area contributed by atoms with Crippen LogP contribution in [0.25, 0.3) is 10.8 Å². The largest absolute Gasteiger partial charge is 0.246 e. The molecule has 0 N–H and O–H groups in total. The molecule has 0 spiro atoms. The summed E-state index contributed by atoms with van der Waals surface area (Å²) >= 11 is 1.72. The molecule has 0 bridgehead atoms. The van der Waals surface area contributed by atoms with E-state index in [1.165, 1.54) is 22.0 Å². The van der Waals surface area contributed by atoms with Gasteiger partial charge in [0.1, 0.15) is 0 Å². The molecule has 2 heteroatoms. The highest BCUT2D eigenvalue weighted by Gasteiger charge is 2.01. The number of benzene rings is 2. The fourth-order valence-corrected chi connectivity index (χ4v) is 2.66. The van der Waals surface area contributed by atoms with Crippen molar-refractivity contribution in [3.8, 4) is 0 Å². The predicted molar refractivity (Wildman–Crippen MR) is 73.6 cm³/mol. The van der Waals surface area contributed by atoms with E-state index in [1.54, 1.807) is 11.3 Å². The minimum absolute atomic E-state index is 0.926. The normalized spacial score (nSPS) is 10.9. The standard InChI is InChI=1S/C15H13NS/c1-11-16-15(10-17-11)9-12-6-7-13-4-2-3-5-14(13)8-12/h2-8,10H,9H2,1H3. The number of thiazole rings is 1. The van der Waals surface area contributed by atoms with Gasteiger partial charge in [-0.15, -0.1) is 11.3 Å². The maximum Gasteiger partial charge on any atom is 0.0897 e. The summed E-state index contributed by atoms with van der Waals surface area (Å²) in [6, 6.07) is 15.1. The van der Waals surface area contributed by atoms with E-state index < -0.39 is 0 Å². The van der Waals surface area contributed by atoms with Gasteiger partial charge in [-0.2, -0.15) is 0 Å². The molecule has 3 rings (SSSR count). The number of aryl methyl sites for hydroxylation is 1. The maximum atomic E-state index is 4.50. The smallest absolute Gasteiger partial charge is 0.0897 e. The molecule has 84 valence electrons. The molecule has 17 heavy (non-hydrogen) atoms. The summed E-state index contributed by atoms with van der Waals surface area (Å²) in [4.78, 5) is 4.50. The molecular formula is C15H13NS. The molecule has 0 saturated carbocycles. The molecule has 0 saturated heterocycles. The zero-order valence-corrected chi connectivity index (χ0v) is 10.5. The summed E-state index contributed by atoms with van der Waals surface area (Å²) in [6.45, 7) is 2.05.